The zero-order chi connectivity index (χ0) is 21.8. The molecule has 0 radical (unpaired) electrons. The molecule has 1 heterocycles. The number of hydrogen-bond donors (Lipinski definition) is 3. The minimum atomic E-state index is -0.664. The lowest BCUT2D eigenvalue weighted by Crippen LogP contribution is -2.37. The SMILES string of the molecule is Cc1ccc(NC(=O)[C@@H](N)Cc2ccccc2)cc1-c1nc(-c2ccc(F)cc2)n[nH]1. The van der Waals surface area contributed by atoms with Gasteiger partial charge >= 0.3 is 0 Å². The van der Waals surface area contributed by atoms with Gasteiger partial charge in [0.05, 0.1) is 6.04 Å². The van der Waals surface area contributed by atoms with Crippen molar-refractivity contribution >= 4 is 11.6 Å². The van der Waals surface area contributed by atoms with Gasteiger partial charge in [0.2, 0.25) is 5.91 Å². The molecule has 6 nitrogen and oxygen atoms in total. The number of nitrogens with two attached hydrogens (primary N) is 1. The van der Waals surface area contributed by atoms with Gasteiger partial charge in [-0.25, -0.2) is 9.37 Å². The van der Waals surface area contributed by atoms with Gasteiger partial charge in [-0.3, -0.25) is 9.89 Å². The van der Waals surface area contributed by atoms with E-state index in [1.165, 1.54) is 12.1 Å². The summed E-state index contributed by atoms with van der Waals surface area (Å²) >= 11 is 0. The van der Waals surface area contributed by atoms with Gasteiger partial charge in [0.15, 0.2) is 11.6 Å². The maximum absolute atomic E-state index is 13.2. The van der Waals surface area contributed by atoms with Gasteiger partial charge in [0.25, 0.3) is 0 Å². The molecule has 0 aliphatic rings. The highest BCUT2D eigenvalue weighted by molar-refractivity contribution is 5.95. The second kappa shape index (κ2) is 8.89. The first kappa shape index (κ1) is 20.4. The summed E-state index contributed by atoms with van der Waals surface area (Å²) in [5.74, 6) is 0.447. The summed E-state index contributed by atoms with van der Waals surface area (Å²) in [6, 6.07) is 20.5. The summed E-state index contributed by atoms with van der Waals surface area (Å²) in [6.45, 7) is 1.95. The third-order valence-electron chi connectivity index (χ3n) is 4.98. The third kappa shape index (κ3) is 4.84. The van der Waals surface area contributed by atoms with Crippen molar-refractivity contribution in [1.29, 1.82) is 0 Å². The number of hydrogen-bond acceptors (Lipinski definition) is 4. The zero-order valence-electron chi connectivity index (χ0n) is 17.0. The van der Waals surface area contributed by atoms with Crippen LogP contribution in [0.5, 0.6) is 0 Å². The van der Waals surface area contributed by atoms with Crippen molar-refractivity contribution in [3.63, 3.8) is 0 Å². The van der Waals surface area contributed by atoms with Gasteiger partial charge < -0.3 is 11.1 Å². The summed E-state index contributed by atoms with van der Waals surface area (Å²) in [6.07, 6.45) is 0.453. The molecule has 0 bridgehead atoms. The Kier molecular flexibility index (Phi) is 5.86. The molecular weight excluding hydrogens is 393 g/mol. The summed E-state index contributed by atoms with van der Waals surface area (Å²) in [4.78, 5) is 17.1. The molecule has 0 spiro atoms. The number of nitrogens with one attached hydrogen (secondary N) is 2. The predicted octanol–water partition coefficient (Wildman–Crippen LogP) is 4.09. The number of benzene rings is 3. The number of nitrogens with zero attached hydrogens (tertiary/aromatic N) is 2. The van der Waals surface area contributed by atoms with E-state index >= 15 is 0 Å². The van der Waals surface area contributed by atoms with Gasteiger partial charge in [-0.15, -0.1) is 0 Å². The topological polar surface area (TPSA) is 96.7 Å². The predicted molar refractivity (Wildman–Crippen MR) is 119 cm³/mol. The molecule has 0 saturated carbocycles. The Morgan fingerprint density at radius 2 is 1.84 bits per heavy atom. The molecule has 0 aliphatic heterocycles. The first-order valence-electron chi connectivity index (χ1n) is 9.89. The minimum absolute atomic E-state index is 0.261. The molecule has 0 fully saturated rings. The number of aryl methyl sites for hydroxylation is 1. The molecule has 0 unspecified atom stereocenters. The average molecular weight is 415 g/mol. The number of rotatable bonds is 6. The summed E-state index contributed by atoms with van der Waals surface area (Å²) in [5, 5.41) is 10.0. The van der Waals surface area contributed by atoms with E-state index in [1.807, 2.05) is 55.5 Å². The number of anilines is 1. The molecule has 0 aliphatic carbocycles. The second-order valence-corrected chi connectivity index (χ2v) is 7.33. The maximum Gasteiger partial charge on any atom is 0.241 e. The molecule has 4 N–H and O–H groups in total. The molecule has 7 heteroatoms. The van der Waals surface area contributed by atoms with E-state index in [1.54, 1.807) is 12.1 Å². The van der Waals surface area contributed by atoms with Crippen LogP contribution in [0.4, 0.5) is 10.1 Å². The highest BCUT2D eigenvalue weighted by Gasteiger charge is 2.16. The Hall–Kier alpha value is -3.84. The van der Waals surface area contributed by atoms with Crippen molar-refractivity contribution in [2.24, 2.45) is 5.73 Å². The molecule has 1 atom stereocenters. The summed E-state index contributed by atoms with van der Waals surface area (Å²) < 4.78 is 13.2. The number of amides is 1. The fraction of sp³-hybridized carbons (Fsp3) is 0.125. The first-order chi connectivity index (χ1) is 15.0. The lowest BCUT2D eigenvalue weighted by atomic mass is 10.0. The van der Waals surface area contributed by atoms with Crippen molar-refractivity contribution in [3.8, 4) is 22.8 Å². The lowest BCUT2D eigenvalue weighted by Gasteiger charge is -2.13. The number of carbonyl (C=O) groups excluding carboxylic acids is 1. The number of H-pyrrole nitrogens is 1. The van der Waals surface area contributed by atoms with Crippen LogP contribution in [-0.2, 0) is 11.2 Å². The van der Waals surface area contributed by atoms with Crippen molar-refractivity contribution < 1.29 is 9.18 Å². The molecule has 3 aromatic carbocycles. The molecule has 1 amide bonds. The fourth-order valence-corrected chi connectivity index (χ4v) is 3.26. The van der Waals surface area contributed by atoms with Crippen LogP contribution in [-0.4, -0.2) is 27.1 Å². The van der Waals surface area contributed by atoms with E-state index in [0.717, 1.165) is 16.7 Å². The van der Waals surface area contributed by atoms with Gasteiger partial charge in [-0.2, -0.15) is 5.10 Å². The first-order valence-corrected chi connectivity index (χ1v) is 9.89. The number of halogens is 1. The van der Waals surface area contributed by atoms with E-state index in [4.69, 9.17) is 5.73 Å². The van der Waals surface area contributed by atoms with Crippen molar-refractivity contribution in [2.75, 3.05) is 5.32 Å². The smallest absolute Gasteiger partial charge is 0.241 e. The Balaban J connectivity index is 1.51. The van der Waals surface area contributed by atoms with Crippen LogP contribution in [0.15, 0.2) is 72.8 Å². The highest BCUT2D eigenvalue weighted by atomic mass is 19.1. The quantitative estimate of drug-likeness (QED) is 0.442. The molecule has 4 aromatic rings. The van der Waals surface area contributed by atoms with E-state index in [0.29, 0.717) is 29.3 Å². The number of carbonyl (C=O) groups is 1. The Bertz CT molecular complexity index is 1190. The van der Waals surface area contributed by atoms with Crippen LogP contribution in [0.1, 0.15) is 11.1 Å². The van der Waals surface area contributed by atoms with Gasteiger partial charge in [-0.1, -0.05) is 36.4 Å². The highest BCUT2D eigenvalue weighted by Crippen LogP contribution is 2.26. The molecule has 156 valence electrons. The summed E-state index contributed by atoms with van der Waals surface area (Å²) in [7, 11) is 0. The number of aromatic amines is 1. The van der Waals surface area contributed by atoms with Crippen LogP contribution < -0.4 is 11.1 Å². The van der Waals surface area contributed by atoms with Crippen LogP contribution in [0.2, 0.25) is 0 Å². The monoisotopic (exact) mass is 415 g/mol. The lowest BCUT2D eigenvalue weighted by molar-refractivity contribution is -0.117. The van der Waals surface area contributed by atoms with Crippen LogP contribution in [0.25, 0.3) is 22.8 Å². The maximum atomic E-state index is 13.2. The molecular formula is C24H22FN5O. The van der Waals surface area contributed by atoms with Crippen molar-refractivity contribution in [3.05, 3.63) is 89.7 Å². The minimum Gasteiger partial charge on any atom is -0.325 e. The Labute approximate surface area is 179 Å². The molecule has 0 saturated heterocycles. The van der Waals surface area contributed by atoms with E-state index in [9.17, 15) is 9.18 Å². The molecule has 31 heavy (non-hydrogen) atoms. The molecule has 4 rings (SSSR count). The standard InChI is InChI=1S/C24H22FN5O/c1-15-7-12-19(27-24(31)21(26)13-16-5-3-2-4-6-16)14-20(15)23-28-22(29-30-23)17-8-10-18(25)11-9-17/h2-12,14,21H,13,26H2,1H3,(H,27,31)(H,28,29,30)/t21-/m0/s1. The van der Waals surface area contributed by atoms with Crippen molar-refractivity contribution in [1.82, 2.24) is 15.2 Å². The van der Waals surface area contributed by atoms with Gasteiger partial charge in [-0.05, 0) is 60.9 Å². The van der Waals surface area contributed by atoms with E-state index < -0.39 is 6.04 Å². The second-order valence-electron chi connectivity index (χ2n) is 7.33. The van der Waals surface area contributed by atoms with Crippen LogP contribution >= 0.6 is 0 Å². The summed E-state index contributed by atoms with van der Waals surface area (Å²) in [5.41, 5.74) is 10.2. The third-order valence-corrected chi connectivity index (χ3v) is 4.98. The van der Waals surface area contributed by atoms with E-state index in [-0.39, 0.29) is 11.7 Å². The fourth-order valence-electron chi connectivity index (χ4n) is 3.26. The number of aromatic nitrogens is 3. The molecule has 1 aromatic heterocycles. The average Bonchev–Trinajstić information content (AvgIpc) is 3.26. The van der Waals surface area contributed by atoms with Crippen molar-refractivity contribution in [2.45, 2.75) is 19.4 Å². The Morgan fingerprint density at radius 3 is 2.58 bits per heavy atom. The van der Waals surface area contributed by atoms with Crippen LogP contribution in [0, 0.1) is 12.7 Å². The van der Waals surface area contributed by atoms with Crippen LogP contribution in [0.3, 0.4) is 0 Å². The normalized spacial score (nSPS) is 11.8. The largest absolute Gasteiger partial charge is 0.325 e. The van der Waals surface area contributed by atoms with Gasteiger partial charge in [0.1, 0.15) is 5.82 Å². The Morgan fingerprint density at radius 1 is 1.10 bits per heavy atom. The zero-order valence-corrected chi connectivity index (χ0v) is 17.0. The van der Waals surface area contributed by atoms with Gasteiger partial charge in [0, 0.05) is 16.8 Å². The van der Waals surface area contributed by atoms with E-state index in [2.05, 4.69) is 20.5 Å².